The standard InChI is InChI=1S/C26H32F3N3O/c27-26(28,29)19-8-11-23-22(16-19)25-21(24(31-23)18-6-2-1-3-7-18)10-9-20(33-25)17-30-12-15-32-13-4-5-14-32/h1-3,6-8,11,16,20-21,24-25,30-31H,4-5,9-10,12-15,17H2/t20-,21+,24+,25+/m1/s1. The van der Waals surface area contributed by atoms with E-state index in [1.165, 1.54) is 32.0 Å². The molecule has 178 valence electrons. The van der Waals surface area contributed by atoms with Gasteiger partial charge in [0.25, 0.3) is 0 Å². The summed E-state index contributed by atoms with van der Waals surface area (Å²) in [7, 11) is 0. The first-order chi connectivity index (χ1) is 16.0. The molecule has 0 unspecified atom stereocenters. The molecule has 4 nitrogen and oxygen atoms in total. The molecule has 2 fully saturated rings. The van der Waals surface area contributed by atoms with Crippen LogP contribution in [0.5, 0.6) is 0 Å². The molecule has 2 aromatic rings. The third-order valence-electron chi connectivity index (χ3n) is 7.31. The molecule has 3 aliphatic rings. The first-order valence-electron chi connectivity index (χ1n) is 12.1. The minimum atomic E-state index is -4.37. The molecule has 0 spiro atoms. The summed E-state index contributed by atoms with van der Waals surface area (Å²) in [6.45, 7) is 5.04. The Bertz CT molecular complexity index is 930. The van der Waals surface area contributed by atoms with Gasteiger partial charge in [0.15, 0.2) is 0 Å². The second-order valence-electron chi connectivity index (χ2n) is 9.51. The van der Waals surface area contributed by atoms with Crippen LogP contribution in [0.2, 0.25) is 0 Å². The van der Waals surface area contributed by atoms with Gasteiger partial charge in [-0.25, -0.2) is 0 Å². The quantitative estimate of drug-likeness (QED) is 0.568. The summed E-state index contributed by atoms with van der Waals surface area (Å²) < 4.78 is 46.9. The summed E-state index contributed by atoms with van der Waals surface area (Å²) >= 11 is 0. The molecule has 7 heteroatoms. The number of hydrogen-bond donors (Lipinski definition) is 2. The number of anilines is 1. The number of rotatable bonds is 6. The molecule has 0 aliphatic carbocycles. The number of nitrogens with one attached hydrogen (secondary N) is 2. The highest BCUT2D eigenvalue weighted by atomic mass is 19.4. The Labute approximate surface area is 193 Å². The van der Waals surface area contributed by atoms with Crippen LogP contribution >= 0.6 is 0 Å². The van der Waals surface area contributed by atoms with Gasteiger partial charge in [-0.15, -0.1) is 0 Å². The van der Waals surface area contributed by atoms with Crippen molar-refractivity contribution in [1.29, 1.82) is 0 Å². The van der Waals surface area contributed by atoms with E-state index in [1.54, 1.807) is 6.07 Å². The lowest BCUT2D eigenvalue weighted by Crippen LogP contribution is -2.43. The van der Waals surface area contributed by atoms with Crippen LogP contribution in [0.25, 0.3) is 0 Å². The Balaban J connectivity index is 1.33. The van der Waals surface area contributed by atoms with Crippen molar-refractivity contribution in [3.63, 3.8) is 0 Å². The number of halogens is 3. The van der Waals surface area contributed by atoms with Gasteiger partial charge in [0.2, 0.25) is 0 Å². The molecule has 4 atom stereocenters. The van der Waals surface area contributed by atoms with Crippen LogP contribution in [0.3, 0.4) is 0 Å². The third kappa shape index (κ3) is 5.05. The van der Waals surface area contributed by atoms with Gasteiger partial charge in [-0.05, 0) is 62.5 Å². The fourth-order valence-corrected chi connectivity index (χ4v) is 5.58. The molecule has 2 N–H and O–H groups in total. The van der Waals surface area contributed by atoms with Crippen LogP contribution in [-0.4, -0.2) is 43.7 Å². The summed E-state index contributed by atoms with van der Waals surface area (Å²) in [5, 5.41) is 7.04. The maximum absolute atomic E-state index is 13.5. The molecule has 0 bridgehead atoms. The largest absolute Gasteiger partial charge is 0.416 e. The second kappa shape index (κ2) is 9.65. The number of alkyl halides is 3. The van der Waals surface area contributed by atoms with E-state index in [2.05, 4.69) is 27.7 Å². The zero-order valence-electron chi connectivity index (χ0n) is 18.8. The van der Waals surface area contributed by atoms with Crippen molar-refractivity contribution >= 4 is 5.69 Å². The van der Waals surface area contributed by atoms with Crippen molar-refractivity contribution in [3.05, 3.63) is 65.2 Å². The maximum Gasteiger partial charge on any atom is 0.416 e. The average Bonchev–Trinajstić information content (AvgIpc) is 3.34. The Morgan fingerprint density at radius 3 is 2.58 bits per heavy atom. The highest BCUT2D eigenvalue weighted by Gasteiger charge is 2.43. The number of benzene rings is 2. The predicted octanol–water partition coefficient (Wildman–Crippen LogP) is 5.39. The minimum absolute atomic E-state index is 0.00162. The number of hydrogen-bond acceptors (Lipinski definition) is 4. The number of fused-ring (bicyclic) bond motifs is 3. The third-order valence-corrected chi connectivity index (χ3v) is 7.31. The van der Waals surface area contributed by atoms with Gasteiger partial charge in [0, 0.05) is 36.8 Å². The molecule has 3 heterocycles. The van der Waals surface area contributed by atoms with Crippen molar-refractivity contribution in [1.82, 2.24) is 10.2 Å². The topological polar surface area (TPSA) is 36.5 Å². The average molecular weight is 460 g/mol. The SMILES string of the molecule is FC(F)(F)c1ccc2c(c1)[C@H]1O[C@@H](CNCCN3CCCC3)CC[C@H]1[C@H](c1ccccc1)N2. The lowest BCUT2D eigenvalue weighted by Gasteiger charge is -2.46. The monoisotopic (exact) mass is 459 g/mol. The van der Waals surface area contributed by atoms with E-state index in [1.807, 2.05) is 18.2 Å². The fraction of sp³-hybridized carbons (Fsp3) is 0.538. The number of ether oxygens (including phenoxy) is 1. The van der Waals surface area contributed by atoms with Gasteiger partial charge >= 0.3 is 6.18 Å². The molecule has 2 aromatic carbocycles. The summed E-state index contributed by atoms with van der Waals surface area (Å²) in [4.78, 5) is 2.47. The van der Waals surface area contributed by atoms with Crippen molar-refractivity contribution in [2.45, 2.75) is 50.1 Å². The lowest BCUT2D eigenvalue weighted by molar-refractivity contribution is -0.138. The molecule has 33 heavy (non-hydrogen) atoms. The zero-order chi connectivity index (χ0) is 22.8. The van der Waals surface area contributed by atoms with Crippen LogP contribution in [0.1, 0.15) is 54.5 Å². The first-order valence-corrected chi connectivity index (χ1v) is 12.1. The molecule has 0 radical (unpaired) electrons. The van der Waals surface area contributed by atoms with Gasteiger partial charge in [-0.3, -0.25) is 0 Å². The number of nitrogens with zero attached hydrogens (tertiary/aromatic N) is 1. The van der Waals surface area contributed by atoms with E-state index < -0.39 is 11.7 Å². The fourth-order valence-electron chi connectivity index (χ4n) is 5.58. The minimum Gasteiger partial charge on any atom is -0.378 e. The second-order valence-corrected chi connectivity index (χ2v) is 9.51. The van der Waals surface area contributed by atoms with Gasteiger partial charge in [0.05, 0.1) is 23.8 Å². The highest BCUT2D eigenvalue weighted by Crippen LogP contribution is 2.51. The van der Waals surface area contributed by atoms with E-state index in [0.29, 0.717) is 5.56 Å². The van der Waals surface area contributed by atoms with Crippen LogP contribution in [-0.2, 0) is 10.9 Å². The van der Waals surface area contributed by atoms with Crippen LogP contribution < -0.4 is 10.6 Å². The van der Waals surface area contributed by atoms with E-state index >= 15 is 0 Å². The Morgan fingerprint density at radius 2 is 1.82 bits per heavy atom. The zero-order valence-corrected chi connectivity index (χ0v) is 18.8. The molecule has 3 aliphatic heterocycles. The molecule has 5 rings (SSSR count). The van der Waals surface area contributed by atoms with Crippen molar-refractivity contribution in [3.8, 4) is 0 Å². The van der Waals surface area contributed by atoms with Crippen molar-refractivity contribution in [2.24, 2.45) is 5.92 Å². The van der Waals surface area contributed by atoms with E-state index in [-0.39, 0.29) is 24.2 Å². The Kier molecular flexibility index (Phi) is 6.63. The summed E-state index contributed by atoms with van der Waals surface area (Å²) in [6.07, 6.45) is -0.348. The summed E-state index contributed by atoms with van der Waals surface area (Å²) in [6, 6.07) is 14.2. The van der Waals surface area contributed by atoms with E-state index in [0.717, 1.165) is 49.8 Å². The molecular weight excluding hydrogens is 427 g/mol. The number of likely N-dealkylation sites (tertiary alicyclic amines) is 1. The van der Waals surface area contributed by atoms with E-state index in [9.17, 15) is 13.2 Å². The maximum atomic E-state index is 13.5. The molecular formula is C26H32F3N3O. The van der Waals surface area contributed by atoms with Crippen molar-refractivity contribution in [2.75, 3.05) is 38.0 Å². The molecule has 0 aromatic heterocycles. The van der Waals surface area contributed by atoms with Crippen LogP contribution in [0.4, 0.5) is 18.9 Å². The molecule has 2 saturated heterocycles. The Morgan fingerprint density at radius 1 is 1.03 bits per heavy atom. The molecule has 0 amide bonds. The van der Waals surface area contributed by atoms with Crippen LogP contribution in [0.15, 0.2) is 48.5 Å². The Hall–Kier alpha value is -2.09. The van der Waals surface area contributed by atoms with E-state index in [4.69, 9.17) is 4.74 Å². The first kappa shape index (κ1) is 22.7. The molecule has 0 saturated carbocycles. The highest BCUT2D eigenvalue weighted by molar-refractivity contribution is 5.58. The van der Waals surface area contributed by atoms with Gasteiger partial charge in [0.1, 0.15) is 0 Å². The van der Waals surface area contributed by atoms with Gasteiger partial charge in [-0.1, -0.05) is 30.3 Å². The van der Waals surface area contributed by atoms with Crippen molar-refractivity contribution < 1.29 is 17.9 Å². The normalized spacial score (nSPS) is 27.6. The predicted molar refractivity (Wildman–Crippen MR) is 123 cm³/mol. The summed E-state index contributed by atoms with van der Waals surface area (Å²) in [5.74, 6) is 0.0873. The van der Waals surface area contributed by atoms with Gasteiger partial charge in [-0.2, -0.15) is 13.2 Å². The van der Waals surface area contributed by atoms with Gasteiger partial charge < -0.3 is 20.3 Å². The summed E-state index contributed by atoms with van der Waals surface area (Å²) in [5.41, 5.74) is 1.89. The van der Waals surface area contributed by atoms with Crippen LogP contribution in [0, 0.1) is 5.92 Å². The smallest absolute Gasteiger partial charge is 0.378 e. The lowest BCUT2D eigenvalue weighted by atomic mass is 9.76.